The molecule has 0 bridgehead atoms. The first-order valence-electron chi connectivity index (χ1n) is 11.6. The standard InChI is InChI=1S/C23H37N3O3/c1-17(2)15-24-23(28)21-14-20(29-25-21)16-26(19-10-4-3-5-11-19)22(27)13-12-18-8-6-7-9-18/h14,17-19H,3-13,15-16H2,1-2H3,(H,24,28). The SMILES string of the molecule is CC(C)CNC(=O)c1cc(CN(C(=O)CCC2CCCC2)C2CCCCC2)on1. The first-order valence-corrected chi connectivity index (χ1v) is 11.6. The number of aromatic nitrogens is 1. The zero-order valence-electron chi connectivity index (χ0n) is 18.1. The first kappa shape index (κ1) is 21.8. The van der Waals surface area contributed by atoms with Gasteiger partial charge in [-0.3, -0.25) is 9.59 Å². The van der Waals surface area contributed by atoms with Crippen LogP contribution in [-0.4, -0.2) is 34.5 Å². The summed E-state index contributed by atoms with van der Waals surface area (Å²) in [6, 6.07) is 1.97. The summed E-state index contributed by atoms with van der Waals surface area (Å²) in [5.74, 6) is 1.70. The topological polar surface area (TPSA) is 75.4 Å². The van der Waals surface area contributed by atoms with Crippen LogP contribution in [0.1, 0.15) is 101 Å². The Hall–Kier alpha value is -1.85. The molecule has 0 spiro atoms. The van der Waals surface area contributed by atoms with E-state index in [0.717, 1.165) is 19.3 Å². The number of carbonyl (C=O) groups is 2. The molecule has 0 unspecified atom stereocenters. The Morgan fingerprint density at radius 1 is 1.14 bits per heavy atom. The third-order valence-corrected chi connectivity index (χ3v) is 6.37. The lowest BCUT2D eigenvalue weighted by Gasteiger charge is -2.34. The number of nitrogens with one attached hydrogen (secondary N) is 1. The maximum absolute atomic E-state index is 13.1. The summed E-state index contributed by atoms with van der Waals surface area (Å²) in [6.45, 7) is 5.12. The van der Waals surface area contributed by atoms with Gasteiger partial charge < -0.3 is 14.7 Å². The summed E-state index contributed by atoms with van der Waals surface area (Å²) in [5, 5.41) is 6.80. The van der Waals surface area contributed by atoms with Crippen molar-refractivity contribution in [3.63, 3.8) is 0 Å². The number of hydrogen-bond donors (Lipinski definition) is 1. The summed E-state index contributed by atoms with van der Waals surface area (Å²) in [4.78, 5) is 27.3. The van der Waals surface area contributed by atoms with Gasteiger partial charge in [-0.25, -0.2) is 0 Å². The minimum Gasteiger partial charge on any atom is -0.359 e. The molecule has 2 amide bonds. The van der Waals surface area contributed by atoms with Crippen molar-refractivity contribution in [2.45, 2.75) is 97.1 Å². The summed E-state index contributed by atoms with van der Waals surface area (Å²) < 4.78 is 5.44. The Kier molecular flexibility index (Phi) is 8.13. The molecule has 0 saturated heterocycles. The van der Waals surface area contributed by atoms with Crippen LogP contribution < -0.4 is 5.32 Å². The van der Waals surface area contributed by atoms with Gasteiger partial charge in [0.1, 0.15) is 0 Å². The van der Waals surface area contributed by atoms with Crippen molar-refractivity contribution in [1.29, 1.82) is 0 Å². The highest BCUT2D eigenvalue weighted by Crippen LogP contribution is 2.30. The molecule has 162 valence electrons. The van der Waals surface area contributed by atoms with E-state index >= 15 is 0 Å². The monoisotopic (exact) mass is 403 g/mol. The maximum Gasteiger partial charge on any atom is 0.273 e. The lowest BCUT2D eigenvalue weighted by Crippen LogP contribution is -2.41. The lowest BCUT2D eigenvalue weighted by molar-refractivity contribution is -0.135. The highest BCUT2D eigenvalue weighted by Gasteiger charge is 2.28. The molecule has 1 heterocycles. The summed E-state index contributed by atoms with van der Waals surface area (Å²) >= 11 is 0. The van der Waals surface area contributed by atoms with Gasteiger partial charge in [-0.1, -0.05) is 63.9 Å². The van der Waals surface area contributed by atoms with Gasteiger partial charge in [-0.05, 0) is 31.1 Å². The van der Waals surface area contributed by atoms with E-state index in [9.17, 15) is 9.59 Å². The Bertz CT molecular complexity index is 658. The summed E-state index contributed by atoms with van der Waals surface area (Å²) in [6.07, 6.45) is 12.5. The van der Waals surface area contributed by atoms with E-state index in [1.54, 1.807) is 6.07 Å². The second-order valence-electron chi connectivity index (χ2n) is 9.28. The van der Waals surface area contributed by atoms with E-state index in [4.69, 9.17) is 4.52 Å². The van der Waals surface area contributed by atoms with Gasteiger partial charge in [0.15, 0.2) is 11.5 Å². The van der Waals surface area contributed by atoms with Crippen LogP contribution in [-0.2, 0) is 11.3 Å². The molecule has 2 aliphatic rings. The molecule has 2 aliphatic carbocycles. The Balaban J connectivity index is 1.61. The molecule has 1 aromatic heterocycles. The van der Waals surface area contributed by atoms with Crippen molar-refractivity contribution >= 4 is 11.8 Å². The van der Waals surface area contributed by atoms with Crippen molar-refractivity contribution in [2.24, 2.45) is 11.8 Å². The zero-order valence-corrected chi connectivity index (χ0v) is 18.1. The third-order valence-electron chi connectivity index (χ3n) is 6.37. The quantitative estimate of drug-likeness (QED) is 0.649. The molecule has 29 heavy (non-hydrogen) atoms. The smallest absolute Gasteiger partial charge is 0.273 e. The van der Waals surface area contributed by atoms with Gasteiger partial charge in [0, 0.05) is 25.1 Å². The van der Waals surface area contributed by atoms with E-state index in [1.165, 1.54) is 44.9 Å². The van der Waals surface area contributed by atoms with Crippen molar-refractivity contribution in [3.8, 4) is 0 Å². The fourth-order valence-electron chi connectivity index (χ4n) is 4.63. The van der Waals surface area contributed by atoms with Gasteiger partial charge in [0.05, 0.1) is 6.54 Å². The number of carbonyl (C=O) groups excluding carboxylic acids is 2. The van der Waals surface area contributed by atoms with Crippen LogP contribution in [0.4, 0.5) is 0 Å². The average Bonchev–Trinajstić information content (AvgIpc) is 3.41. The Morgan fingerprint density at radius 2 is 1.83 bits per heavy atom. The second kappa shape index (κ2) is 10.8. The summed E-state index contributed by atoms with van der Waals surface area (Å²) in [7, 11) is 0. The highest BCUT2D eigenvalue weighted by atomic mass is 16.5. The van der Waals surface area contributed by atoms with Crippen molar-refractivity contribution in [1.82, 2.24) is 15.4 Å². The predicted octanol–water partition coefficient (Wildman–Crippen LogP) is 4.69. The van der Waals surface area contributed by atoms with Crippen LogP contribution in [0.5, 0.6) is 0 Å². The van der Waals surface area contributed by atoms with Crippen LogP contribution in [0, 0.1) is 11.8 Å². The number of rotatable bonds is 9. The van der Waals surface area contributed by atoms with Crippen LogP contribution in [0.15, 0.2) is 10.6 Å². The van der Waals surface area contributed by atoms with E-state index < -0.39 is 0 Å². The van der Waals surface area contributed by atoms with E-state index in [-0.39, 0.29) is 17.9 Å². The molecule has 1 aromatic rings. The minimum atomic E-state index is -0.217. The van der Waals surface area contributed by atoms with Gasteiger partial charge >= 0.3 is 0 Å². The lowest BCUT2D eigenvalue weighted by atomic mass is 9.93. The molecule has 1 N–H and O–H groups in total. The first-order chi connectivity index (χ1) is 14.0. The Labute approximate surface area is 174 Å². The predicted molar refractivity (Wildman–Crippen MR) is 112 cm³/mol. The molecule has 6 heteroatoms. The van der Waals surface area contributed by atoms with Crippen LogP contribution in [0.2, 0.25) is 0 Å². The number of amides is 2. The van der Waals surface area contributed by atoms with Crippen LogP contribution in [0.3, 0.4) is 0 Å². The molecule has 0 aromatic carbocycles. The molecule has 0 atom stereocenters. The van der Waals surface area contributed by atoms with Crippen molar-refractivity contribution in [2.75, 3.05) is 6.54 Å². The molecule has 0 aliphatic heterocycles. The van der Waals surface area contributed by atoms with Gasteiger partial charge in [-0.2, -0.15) is 0 Å². The zero-order chi connectivity index (χ0) is 20.6. The molecule has 0 radical (unpaired) electrons. The second-order valence-corrected chi connectivity index (χ2v) is 9.28. The minimum absolute atomic E-state index is 0.217. The van der Waals surface area contributed by atoms with E-state index in [0.29, 0.717) is 42.8 Å². The molecular weight excluding hydrogens is 366 g/mol. The fourth-order valence-corrected chi connectivity index (χ4v) is 4.63. The largest absolute Gasteiger partial charge is 0.359 e. The summed E-state index contributed by atoms with van der Waals surface area (Å²) in [5.41, 5.74) is 0.294. The van der Waals surface area contributed by atoms with E-state index in [1.807, 2.05) is 18.7 Å². The fraction of sp³-hybridized carbons (Fsp3) is 0.783. The van der Waals surface area contributed by atoms with Crippen molar-refractivity contribution < 1.29 is 14.1 Å². The van der Waals surface area contributed by atoms with Crippen LogP contribution in [0.25, 0.3) is 0 Å². The van der Waals surface area contributed by atoms with Gasteiger partial charge in [-0.15, -0.1) is 0 Å². The molecule has 3 rings (SSSR count). The third kappa shape index (κ3) is 6.58. The maximum atomic E-state index is 13.1. The molecule has 2 fully saturated rings. The Morgan fingerprint density at radius 3 is 2.52 bits per heavy atom. The number of nitrogens with zero attached hydrogens (tertiary/aromatic N) is 2. The average molecular weight is 404 g/mol. The molecular formula is C23H37N3O3. The highest BCUT2D eigenvalue weighted by molar-refractivity contribution is 5.92. The molecule has 6 nitrogen and oxygen atoms in total. The number of hydrogen-bond acceptors (Lipinski definition) is 4. The molecule has 2 saturated carbocycles. The van der Waals surface area contributed by atoms with Gasteiger partial charge in [0.2, 0.25) is 5.91 Å². The van der Waals surface area contributed by atoms with Gasteiger partial charge in [0.25, 0.3) is 5.91 Å². The van der Waals surface area contributed by atoms with Crippen LogP contribution >= 0.6 is 0 Å². The van der Waals surface area contributed by atoms with E-state index in [2.05, 4.69) is 10.5 Å². The van der Waals surface area contributed by atoms with Crippen molar-refractivity contribution in [3.05, 3.63) is 17.5 Å². The normalized spacial score (nSPS) is 18.3.